The van der Waals surface area contributed by atoms with Crippen LogP contribution in [-0.4, -0.2) is 28.7 Å². The maximum Gasteiger partial charge on any atom is 0.322 e. The summed E-state index contributed by atoms with van der Waals surface area (Å²) in [5.41, 5.74) is 1.29. The Hall–Kier alpha value is -3.29. The molecular formula is C21H23N3O5. The minimum atomic E-state index is -0.543. The summed E-state index contributed by atoms with van der Waals surface area (Å²) in [4.78, 5) is 24.8. The topological polar surface area (TPSA) is 93.9 Å². The van der Waals surface area contributed by atoms with E-state index < -0.39 is 10.7 Å². The smallest absolute Gasteiger partial charge is 0.322 e. The molecule has 0 radical (unpaired) electrons. The Morgan fingerprint density at radius 1 is 1.17 bits per heavy atom. The number of amides is 2. The average Bonchev–Trinajstić information content (AvgIpc) is 3.32. The molecule has 1 fully saturated rings. The first-order valence-electron chi connectivity index (χ1n) is 9.67. The maximum absolute atomic E-state index is 12.7. The largest absolute Gasteiger partial charge is 0.448 e. The molecule has 8 nitrogen and oxygen atoms in total. The minimum Gasteiger partial charge on any atom is -0.448 e. The van der Waals surface area contributed by atoms with Crippen molar-refractivity contribution in [1.29, 1.82) is 0 Å². The zero-order chi connectivity index (χ0) is 20.6. The molecule has 1 heterocycles. The Kier molecular flexibility index (Phi) is 4.77. The molecule has 2 aromatic carbocycles. The molecule has 29 heavy (non-hydrogen) atoms. The van der Waals surface area contributed by atoms with Gasteiger partial charge in [0.2, 0.25) is 0 Å². The van der Waals surface area contributed by atoms with Crippen molar-refractivity contribution in [3.05, 3.63) is 58.1 Å². The van der Waals surface area contributed by atoms with E-state index in [2.05, 4.69) is 5.32 Å². The second kappa shape index (κ2) is 7.27. The zero-order valence-corrected chi connectivity index (χ0v) is 16.4. The van der Waals surface area contributed by atoms with Crippen LogP contribution in [0.1, 0.15) is 44.2 Å². The van der Waals surface area contributed by atoms with Crippen LogP contribution in [0.5, 0.6) is 11.5 Å². The van der Waals surface area contributed by atoms with Crippen molar-refractivity contribution in [2.45, 2.75) is 44.4 Å². The van der Waals surface area contributed by atoms with Crippen LogP contribution >= 0.6 is 0 Å². The lowest BCUT2D eigenvalue weighted by Crippen LogP contribution is -2.34. The van der Waals surface area contributed by atoms with Gasteiger partial charge in [0.25, 0.3) is 11.5 Å². The lowest BCUT2D eigenvalue weighted by atomic mass is 10.1. The van der Waals surface area contributed by atoms with Crippen molar-refractivity contribution in [3.63, 3.8) is 0 Å². The van der Waals surface area contributed by atoms with Crippen LogP contribution in [0.3, 0.4) is 0 Å². The molecule has 1 aliphatic heterocycles. The van der Waals surface area contributed by atoms with Gasteiger partial charge in [0.05, 0.1) is 11.0 Å². The zero-order valence-electron chi connectivity index (χ0n) is 16.4. The fourth-order valence-corrected chi connectivity index (χ4v) is 3.80. The number of carbonyl (C=O) groups is 1. The normalized spacial score (nSPS) is 17.2. The minimum absolute atomic E-state index is 0.000212. The molecule has 1 saturated carbocycles. The maximum atomic E-state index is 12.7. The first-order chi connectivity index (χ1) is 13.9. The Bertz CT molecular complexity index is 955. The Morgan fingerprint density at radius 2 is 1.90 bits per heavy atom. The number of fused-ring (bicyclic) bond motifs is 1. The molecule has 2 aromatic rings. The van der Waals surface area contributed by atoms with Crippen molar-refractivity contribution >= 4 is 17.4 Å². The standard InChI is InChI=1S/C21H23N3O5/c1-14(15-6-5-7-17(12-15)24(26)27)23(2)20(25)22-16-8-9-18-19(13-16)29-21(28-18)10-3-4-11-21/h5-9,12-14H,3-4,10-11H2,1-2H3,(H,22,25)/t14-/m1/s1. The summed E-state index contributed by atoms with van der Waals surface area (Å²) in [6, 6.07) is 11.0. The Labute approximate surface area is 168 Å². The van der Waals surface area contributed by atoms with Crippen LogP contribution in [-0.2, 0) is 0 Å². The number of hydrogen-bond acceptors (Lipinski definition) is 5. The summed E-state index contributed by atoms with van der Waals surface area (Å²) in [5.74, 6) is 0.792. The van der Waals surface area contributed by atoms with Gasteiger partial charge in [-0.1, -0.05) is 12.1 Å². The second-order valence-corrected chi connectivity index (χ2v) is 7.55. The van der Waals surface area contributed by atoms with Crippen LogP contribution in [0, 0.1) is 10.1 Å². The molecule has 0 saturated heterocycles. The SMILES string of the molecule is C[C@H](c1cccc([N+](=O)[O-])c1)N(C)C(=O)Nc1ccc2c(c1)OC1(CCCC1)O2. The van der Waals surface area contributed by atoms with Crippen LogP contribution in [0.25, 0.3) is 0 Å². The van der Waals surface area contributed by atoms with E-state index in [0.29, 0.717) is 22.7 Å². The fraction of sp³-hybridized carbons (Fsp3) is 0.381. The van der Waals surface area contributed by atoms with Gasteiger partial charge < -0.3 is 19.7 Å². The van der Waals surface area contributed by atoms with Crippen LogP contribution in [0.15, 0.2) is 42.5 Å². The first-order valence-corrected chi connectivity index (χ1v) is 9.67. The molecule has 0 unspecified atom stereocenters. The molecule has 1 spiro atoms. The number of anilines is 1. The van der Waals surface area contributed by atoms with E-state index in [4.69, 9.17) is 9.47 Å². The molecule has 1 N–H and O–H groups in total. The van der Waals surface area contributed by atoms with Gasteiger partial charge in [0.1, 0.15) is 0 Å². The van der Waals surface area contributed by atoms with Crippen molar-refractivity contribution < 1.29 is 19.2 Å². The lowest BCUT2D eigenvalue weighted by molar-refractivity contribution is -0.384. The van der Waals surface area contributed by atoms with Gasteiger partial charge in [-0.3, -0.25) is 10.1 Å². The van der Waals surface area contributed by atoms with Crippen molar-refractivity contribution in [2.24, 2.45) is 0 Å². The van der Waals surface area contributed by atoms with E-state index in [9.17, 15) is 14.9 Å². The number of urea groups is 1. The molecule has 1 aliphatic carbocycles. The molecule has 0 bridgehead atoms. The number of nitrogens with one attached hydrogen (secondary N) is 1. The first kappa shape index (κ1) is 19.0. The molecule has 2 amide bonds. The molecule has 0 aromatic heterocycles. The van der Waals surface area contributed by atoms with E-state index >= 15 is 0 Å². The van der Waals surface area contributed by atoms with Gasteiger partial charge >= 0.3 is 6.03 Å². The third-order valence-electron chi connectivity index (χ3n) is 5.62. The highest BCUT2D eigenvalue weighted by Crippen LogP contribution is 2.47. The quantitative estimate of drug-likeness (QED) is 0.587. The van der Waals surface area contributed by atoms with Crippen LogP contribution < -0.4 is 14.8 Å². The fourth-order valence-electron chi connectivity index (χ4n) is 3.80. The highest BCUT2D eigenvalue weighted by atomic mass is 16.7. The number of ether oxygens (including phenoxy) is 2. The Morgan fingerprint density at radius 3 is 2.62 bits per heavy atom. The molecule has 152 valence electrons. The van der Waals surface area contributed by atoms with E-state index in [1.165, 1.54) is 17.0 Å². The van der Waals surface area contributed by atoms with Crippen molar-refractivity contribution in [1.82, 2.24) is 4.90 Å². The third-order valence-corrected chi connectivity index (χ3v) is 5.62. The van der Waals surface area contributed by atoms with Gasteiger partial charge in [-0.05, 0) is 37.5 Å². The molecule has 1 atom stereocenters. The lowest BCUT2D eigenvalue weighted by Gasteiger charge is -2.25. The molecular weight excluding hydrogens is 374 g/mol. The predicted molar refractivity (Wildman–Crippen MR) is 107 cm³/mol. The van der Waals surface area contributed by atoms with Gasteiger partial charge in [0, 0.05) is 43.8 Å². The number of nitrogens with zero attached hydrogens (tertiary/aromatic N) is 2. The van der Waals surface area contributed by atoms with Gasteiger partial charge in [0.15, 0.2) is 11.5 Å². The van der Waals surface area contributed by atoms with Gasteiger partial charge in [-0.25, -0.2) is 4.79 Å². The second-order valence-electron chi connectivity index (χ2n) is 7.55. The van der Waals surface area contributed by atoms with Crippen molar-refractivity contribution in [3.8, 4) is 11.5 Å². The summed E-state index contributed by atoms with van der Waals surface area (Å²) < 4.78 is 12.0. The van der Waals surface area contributed by atoms with Gasteiger partial charge in [-0.15, -0.1) is 0 Å². The summed E-state index contributed by atoms with van der Waals surface area (Å²) in [6.07, 6.45) is 3.90. The number of benzene rings is 2. The molecule has 2 aliphatic rings. The molecule has 4 rings (SSSR count). The molecule has 8 heteroatoms. The van der Waals surface area contributed by atoms with E-state index in [-0.39, 0.29) is 17.8 Å². The summed E-state index contributed by atoms with van der Waals surface area (Å²) in [6.45, 7) is 1.82. The predicted octanol–water partition coefficient (Wildman–Crippen LogP) is 4.86. The van der Waals surface area contributed by atoms with Crippen LogP contribution in [0.2, 0.25) is 0 Å². The van der Waals surface area contributed by atoms with E-state index in [1.54, 1.807) is 31.3 Å². The van der Waals surface area contributed by atoms with E-state index in [1.807, 2.05) is 13.0 Å². The van der Waals surface area contributed by atoms with Gasteiger partial charge in [-0.2, -0.15) is 0 Å². The number of nitro benzene ring substituents is 1. The van der Waals surface area contributed by atoms with Crippen molar-refractivity contribution in [2.75, 3.05) is 12.4 Å². The number of carbonyl (C=O) groups excluding carboxylic acids is 1. The van der Waals surface area contributed by atoms with E-state index in [0.717, 1.165) is 25.7 Å². The highest BCUT2D eigenvalue weighted by molar-refractivity contribution is 5.90. The monoisotopic (exact) mass is 397 g/mol. The number of non-ortho nitro benzene ring substituents is 1. The number of hydrogen-bond donors (Lipinski definition) is 1. The number of nitro groups is 1. The number of rotatable bonds is 4. The third kappa shape index (κ3) is 3.70. The average molecular weight is 397 g/mol. The van der Waals surface area contributed by atoms with Crippen LogP contribution in [0.4, 0.5) is 16.2 Å². The summed E-state index contributed by atoms with van der Waals surface area (Å²) >= 11 is 0. The Balaban J connectivity index is 1.44. The summed E-state index contributed by atoms with van der Waals surface area (Å²) in [7, 11) is 1.65. The summed E-state index contributed by atoms with van der Waals surface area (Å²) in [5, 5.41) is 13.9. The highest BCUT2D eigenvalue weighted by Gasteiger charge is 2.44.